The van der Waals surface area contributed by atoms with Gasteiger partial charge in [0, 0.05) is 36.3 Å². The SMILES string of the molecule is CCCC(CC)C(=O)Nc1cccc2cc(Oc3ccnc(C(=O)NC)c3)ccc12. The Morgan fingerprint density at radius 2 is 1.87 bits per heavy atom. The first-order chi connectivity index (χ1) is 14.5. The summed E-state index contributed by atoms with van der Waals surface area (Å²) in [6.07, 6.45) is 4.23. The second-order valence-corrected chi connectivity index (χ2v) is 7.13. The maximum atomic E-state index is 12.6. The zero-order chi connectivity index (χ0) is 21.5. The first-order valence-corrected chi connectivity index (χ1v) is 10.2. The van der Waals surface area contributed by atoms with Crippen molar-refractivity contribution in [3.63, 3.8) is 0 Å². The number of ether oxygens (including phenoxy) is 1. The van der Waals surface area contributed by atoms with Crippen LogP contribution >= 0.6 is 0 Å². The average Bonchev–Trinajstić information content (AvgIpc) is 2.77. The van der Waals surface area contributed by atoms with E-state index in [-0.39, 0.29) is 17.7 Å². The lowest BCUT2D eigenvalue weighted by Gasteiger charge is -2.16. The van der Waals surface area contributed by atoms with Crippen molar-refractivity contribution in [2.45, 2.75) is 33.1 Å². The lowest BCUT2D eigenvalue weighted by Crippen LogP contribution is -2.22. The molecule has 0 aliphatic carbocycles. The molecule has 30 heavy (non-hydrogen) atoms. The van der Waals surface area contributed by atoms with Crippen LogP contribution < -0.4 is 15.4 Å². The predicted octanol–water partition coefficient (Wildman–Crippen LogP) is 5.15. The van der Waals surface area contributed by atoms with Gasteiger partial charge in [0.05, 0.1) is 0 Å². The first kappa shape index (κ1) is 21.3. The highest BCUT2D eigenvalue weighted by Gasteiger charge is 2.16. The number of hydrogen-bond donors (Lipinski definition) is 2. The van der Waals surface area contributed by atoms with Crippen molar-refractivity contribution in [2.24, 2.45) is 5.92 Å². The van der Waals surface area contributed by atoms with Crippen LogP contribution in [0.2, 0.25) is 0 Å². The summed E-state index contributed by atoms with van der Waals surface area (Å²) in [6.45, 7) is 4.14. The molecule has 156 valence electrons. The molecule has 1 atom stereocenters. The summed E-state index contributed by atoms with van der Waals surface area (Å²) in [6, 6.07) is 14.8. The summed E-state index contributed by atoms with van der Waals surface area (Å²) in [7, 11) is 1.56. The van der Waals surface area contributed by atoms with Crippen LogP contribution in [-0.4, -0.2) is 23.8 Å². The summed E-state index contributed by atoms with van der Waals surface area (Å²) >= 11 is 0. The third-order valence-corrected chi connectivity index (χ3v) is 5.04. The second kappa shape index (κ2) is 9.87. The number of carbonyl (C=O) groups excluding carboxylic acids is 2. The number of fused-ring (bicyclic) bond motifs is 1. The Balaban J connectivity index is 1.82. The number of nitrogens with one attached hydrogen (secondary N) is 2. The Kier molecular flexibility index (Phi) is 7.01. The van der Waals surface area contributed by atoms with E-state index in [1.54, 1.807) is 19.2 Å². The van der Waals surface area contributed by atoms with Crippen LogP contribution in [0.4, 0.5) is 5.69 Å². The number of hydrogen-bond acceptors (Lipinski definition) is 4. The number of aromatic nitrogens is 1. The number of amides is 2. The van der Waals surface area contributed by atoms with Gasteiger partial charge in [0.2, 0.25) is 5.91 Å². The van der Waals surface area contributed by atoms with Crippen molar-refractivity contribution in [2.75, 3.05) is 12.4 Å². The zero-order valence-electron chi connectivity index (χ0n) is 17.6. The van der Waals surface area contributed by atoms with E-state index in [4.69, 9.17) is 4.74 Å². The molecule has 1 unspecified atom stereocenters. The van der Waals surface area contributed by atoms with Crippen LogP contribution in [0.25, 0.3) is 10.8 Å². The Morgan fingerprint density at radius 3 is 2.60 bits per heavy atom. The first-order valence-electron chi connectivity index (χ1n) is 10.2. The molecule has 1 heterocycles. The Hall–Kier alpha value is -3.41. The lowest BCUT2D eigenvalue weighted by atomic mass is 9.99. The van der Waals surface area contributed by atoms with Gasteiger partial charge >= 0.3 is 0 Å². The Labute approximate surface area is 176 Å². The second-order valence-electron chi connectivity index (χ2n) is 7.13. The molecule has 0 spiro atoms. The van der Waals surface area contributed by atoms with Crippen molar-refractivity contribution in [3.8, 4) is 11.5 Å². The third-order valence-electron chi connectivity index (χ3n) is 5.04. The molecule has 0 aliphatic heterocycles. The fourth-order valence-electron chi connectivity index (χ4n) is 3.40. The quantitative estimate of drug-likeness (QED) is 0.543. The number of pyridine rings is 1. The highest BCUT2D eigenvalue weighted by molar-refractivity contribution is 6.03. The standard InChI is InChI=1S/C24H27N3O3/c1-4-7-16(5-2)23(28)27-21-9-6-8-17-14-18(10-11-20(17)21)30-19-12-13-26-22(15-19)24(29)25-3/h6,8-16H,4-5,7H2,1-3H3,(H,25,29)(H,27,28). The Morgan fingerprint density at radius 1 is 1.07 bits per heavy atom. The third kappa shape index (κ3) is 4.95. The highest BCUT2D eigenvalue weighted by atomic mass is 16.5. The average molecular weight is 405 g/mol. The lowest BCUT2D eigenvalue weighted by molar-refractivity contribution is -0.120. The molecule has 6 heteroatoms. The van der Waals surface area contributed by atoms with Gasteiger partial charge in [-0.05, 0) is 48.6 Å². The molecule has 2 amide bonds. The van der Waals surface area contributed by atoms with Gasteiger partial charge in [-0.3, -0.25) is 14.6 Å². The van der Waals surface area contributed by atoms with Gasteiger partial charge < -0.3 is 15.4 Å². The smallest absolute Gasteiger partial charge is 0.269 e. The minimum atomic E-state index is -0.271. The minimum absolute atomic E-state index is 0.0223. The van der Waals surface area contributed by atoms with Gasteiger partial charge in [0.25, 0.3) is 5.91 Å². The molecule has 0 saturated heterocycles. The van der Waals surface area contributed by atoms with Crippen molar-refractivity contribution < 1.29 is 14.3 Å². The molecule has 0 aliphatic rings. The largest absolute Gasteiger partial charge is 0.457 e. The monoisotopic (exact) mass is 405 g/mol. The topological polar surface area (TPSA) is 80.3 Å². The van der Waals surface area contributed by atoms with Gasteiger partial charge in [-0.25, -0.2) is 0 Å². The van der Waals surface area contributed by atoms with E-state index in [9.17, 15) is 9.59 Å². The molecule has 0 bridgehead atoms. The van der Waals surface area contributed by atoms with E-state index in [1.807, 2.05) is 43.3 Å². The molecule has 3 aromatic rings. The van der Waals surface area contributed by atoms with Crippen molar-refractivity contribution in [1.82, 2.24) is 10.3 Å². The van der Waals surface area contributed by atoms with E-state index in [2.05, 4.69) is 22.5 Å². The number of benzene rings is 2. The van der Waals surface area contributed by atoms with Crippen molar-refractivity contribution in [3.05, 3.63) is 60.4 Å². The molecule has 2 N–H and O–H groups in total. The molecule has 6 nitrogen and oxygen atoms in total. The van der Waals surface area contributed by atoms with Gasteiger partial charge in [-0.2, -0.15) is 0 Å². The van der Waals surface area contributed by atoms with E-state index in [0.29, 0.717) is 17.2 Å². The van der Waals surface area contributed by atoms with Crippen LogP contribution in [0, 0.1) is 5.92 Å². The molecular formula is C24H27N3O3. The maximum absolute atomic E-state index is 12.6. The highest BCUT2D eigenvalue weighted by Crippen LogP contribution is 2.30. The summed E-state index contributed by atoms with van der Waals surface area (Å²) in [5.74, 6) is 0.975. The van der Waals surface area contributed by atoms with Crippen LogP contribution in [-0.2, 0) is 4.79 Å². The van der Waals surface area contributed by atoms with E-state index >= 15 is 0 Å². The summed E-state index contributed by atoms with van der Waals surface area (Å²) in [5, 5.41) is 7.53. The minimum Gasteiger partial charge on any atom is -0.457 e. The number of carbonyl (C=O) groups is 2. The molecule has 3 rings (SSSR count). The molecule has 0 radical (unpaired) electrons. The number of anilines is 1. The number of nitrogens with zero attached hydrogens (tertiary/aromatic N) is 1. The van der Waals surface area contributed by atoms with E-state index in [0.717, 1.165) is 35.7 Å². The van der Waals surface area contributed by atoms with Crippen LogP contribution in [0.5, 0.6) is 11.5 Å². The van der Waals surface area contributed by atoms with Crippen molar-refractivity contribution >= 4 is 28.3 Å². The van der Waals surface area contributed by atoms with E-state index in [1.165, 1.54) is 6.20 Å². The fourth-order valence-corrected chi connectivity index (χ4v) is 3.40. The maximum Gasteiger partial charge on any atom is 0.269 e. The van der Waals surface area contributed by atoms with Crippen LogP contribution in [0.3, 0.4) is 0 Å². The summed E-state index contributed by atoms with van der Waals surface area (Å²) in [4.78, 5) is 28.4. The molecule has 2 aromatic carbocycles. The molecule has 0 fully saturated rings. The summed E-state index contributed by atoms with van der Waals surface area (Å²) < 4.78 is 5.92. The zero-order valence-corrected chi connectivity index (χ0v) is 17.6. The van der Waals surface area contributed by atoms with Crippen LogP contribution in [0.15, 0.2) is 54.7 Å². The van der Waals surface area contributed by atoms with Gasteiger partial charge in [-0.15, -0.1) is 0 Å². The fraction of sp³-hybridized carbons (Fsp3) is 0.292. The Bertz CT molecular complexity index is 1050. The molecule has 1 aromatic heterocycles. The van der Waals surface area contributed by atoms with Crippen LogP contribution in [0.1, 0.15) is 43.6 Å². The van der Waals surface area contributed by atoms with E-state index < -0.39 is 0 Å². The van der Waals surface area contributed by atoms with Gasteiger partial charge in [0.15, 0.2) is 0 Å². The molecule has 0 saturated carbocycles. The van der Waals surface area contributed by atoms with Gasteiger partial charge in [-0.1, -0.05) is 32.4 Å². The predicted molar refractivity (Wildman–Crippen MR) is 119 cm³/mol. The van der Waals surface area contributed by atoms with Crippen molar-refractivity contribution in [1.29, 1.82) is 0 Å². The molecular weight excluding hydrogens is 378 g/mol. The number of rotatable bonds is 8. The van der Waals surface area contributed by atoms with Gasteiger partial charge in [0.1, 0.15) is 17.2 Å². The summed E-state index contributed by atoms with van der Waals surface area (Å²) in [5.41, 5.74) is 1.09. The normalized spacial score (nSPS) is 11.7.